The maximum atomic E-state index is 13.1. The predicted octanol–water partition coefficient (Wildman–Crippen LogP) is 4.37. The van der Waals surface area contributed by atoms with Gasteiger partial charge in [0.05, 0.1) is 21.3 Å². The van der Waals surface area contributed by atoms with E-state index in [4.69, 9.17) is 14.2 Å². The van der Waals surface area contributed by atoms with E-state index in [1.807, 2.05) is 4.90 Å². The van der Waals surface area contributed by atoms with Gasteiger partial charge in [0.15, 0.2) is 11.5 Å². The minimum Gasteiger partial charge on any atom is -0.493 e. The molecule has 2 amide bonds. The molecular formula is C24H30N2O5. The van der Waals surface area contributed by atoms with Crippen molar-refractivity contribution in [2.24, 2.45) is 0 Å². The molecule has 3 rings (SSSR count). The van der Waals surface area contributed by atoms with Gasteiger partial charge in [0.25, 0.3) is 11.8 Å². The third-order valence-electron chi connectivity index (χ3n) is 5.72. The van der Waals surface area contributed by atoms with Gasteiger partial charge in [-0.25, -0.2) is 0 Å². The molecule has 0 unspecified atom stereocenters. The van der Waals surface area contributed by atoms with E-state index >= 15 is 0 Å². The lowest BCUT2D eigenvalue weighted by molar-refractivity contribution is 0.0510. The summed E-state index contributed by atoms with van der Waals surface area (Å²) in [6.45, 7) is 4.17. The fourth-order valence-electron chi connectivity index (χ4n) is 4.12. The van der Waals surface area contributed by atoms with Gasteiger partial charge in [-0.2, -0.15) is 0 Å². The molecule has 7 heteroatoms. The van der Waals surface area contributed by atoms with Crippen LogP contribution in [-0.4, -0.2) is 50.1 Å². The first-order chi connectivity index (χ1) is 14.9. The maximum Gasteiger partial charge on any atom is 0.255 e. The molecule has 0 aromatic heterocycles. The maximum absolute atomic E-state index is 13.1. The van der Waals surface area contributed by atoms with Gasteiger partial charge in [0.1, 0.15) is 0 Å². The van der Waals surface area contributed by atoms with E-state index in [0.29, 0.717) is 34.1 Å². The van der Waals surface area contributed by atoms with Crippen LogP contribution in [0.1, 0.15) is 53.8 Å². The summed E-state index contributed by atoms with van der Waals surface area (Å²) in [5.41, 5.74) is 1.45. The second-order valence-corrected chi connectivity index (χ2v) is 7.79. The number of ether oxygens (including phenoxy) is 3. The summed E-state index contributed by atoms with van der Waals surface area (Å²) in [6, 6.07) is 10.6. The Morgan fingerprint density at radius 3 is 2.06 bits per heavy atom. The molecule has 2 aromatic carbocycles. The van der Waals surface area contributed by atoms with Crippen LogP contribution in [-0.2, 0) is 0 Å². The van der Waals surface area contributed by atoms with Crippen LogP contribution in [0.2, 0.25) is 0 Å². The first kappa shape index (κ1) is 22.5. The number of benzene rings is 2. The molecule has 0 saturated carbocycles. The van der Waals surface area contributed by atoms with Gasteiger partial charge in [-0.3, -0.25) is 9.59 Å². The van der Waals surface area contributed by atoms with E-state index < -0.39 is 0 Å². The smallest absolute Gasteiger partial charge is 0.255 e. The lowest BCUT2D eigenvalue weighted by Crippen LogP contribution is -2.47. The largest absolute Gasteiger partial charge is 0.493 e. The average molecular weight is 427 g/mol. The summed E-state index contributed by atoms with van der Waals surface area (Å²) >= 11 is 0. The Labute approximate surface area is 183 Å². The van der Waals surface area contributed by atoms with Crippen LogP contribution < -0.4 is 19.5 Å². The normalized spacial score (nSPS) is 18.3. The molecule has 2 aromatic rings. The zero-order valence-electron chi connectivity index (χ0n) is 18.7. The summed E-state index contributed by atoms with van der Waals surface area (Å²) in [6.07, 6.45) is 3.15. The van der Waals surface area contributed by atoms with Crippen molar-refractivity contribution in [3.63, 3.8) is 0 Å². The second-order valence-electron chi connectivity index (χ2n) is 7.79. The monoisotopic (exact) mass is 426 g/mol. The molecule has 0 aliphatic carbocycles. The Hall–Kier alpha value is -3.22. The number of carbonyl (C=O) groups excluding carboxylic acids is 2. The van der Waals surface area contributed by atoms with Crippen molar-refractivity contribution >= 4 is 17.5 Å². The van der Waals surface area contributed by atoms with Gasteiger partial charge in [0.2, 0.25) is 5.75 Å². The zero-order valence-corrected chi connectivity index (χ0v) is 18.7. The van der Waals surface area contributed by atoms with Gasteiger partial charge < -0.3 is 24.4 Å². The van der Waals surface area contributed by atoms with Crippen LogP contribution in [0.25, 0.3) is 0 Å². The average Bonchev–Trinajstić information content (AvgIpc) is 2.77. The standard InChI is InChI=1S/C24H30N2O5/c1-15-8-6-9-16(2)26(15)24(28)17-10-7-11-19(12-17)25-23(27)18-13-20(29-3)22(31-5)21(14-18)30-4/h7,10-16H,6,8-9H2,1-5H3,(H,25,27)/t15-,16-/m0/s1. The van der Waals surface area contributed by atoms with Crippen molar-refractivity contribution in [3.05, 3.63) is 47.5 Å². The van der Waals surface area contributed by atoms with Crippen molar-refractivity contribution in [1.82, 2.24) is 4.90 Å². The Kier molecular flexibility index (Phi) is 7.05. The highest BCUT2D eigenvalue weighted by Gasteiger charge is 2.29. The number of methoxy groups -OCH3 is 3. The molecule has 1 heterocycles. The molecule has 1 N–H and O–H groups in total. The molecule has 166 valence electrons. The van der Waals surface area contributed by atoms with Gasteiger partial charge in [-0.05, 0) is 63.4 Å². The highest BCUT2D eigenvalue weighted by molar-refractivity contribution is 6.06. The van der Waals surface area contributed by atoms with Crippen LogP contribution in [0.4, 0.5) is 5.69 Å². The topological polar surface area (TPSA) is 77.1 Å². The molecule has 0 spiro atoms. The molecule has 2 atom stereocenters. The Balaban J connectivity index is 1.82. The number of likely N-dealkylation sites (tertiary alicyclic amines) is 1. The van der Waals surface area contributed by atoms with Gasteiger partial charge in [-0.15, -0.1) is 0 Å². The Morgan fingerprint density at radius 2 is 1.52 bits per heavy atom. The molecule has 1 aliphatic heterocycles. The zero-order chi connectivity index (χ0) is 22.5. The van der Waals surface area contributed by atoms with E-state index in [1.165, 1.54) is 21.3 Å². The fourth-order valence-corrected chi connectivity index (χ4v) is 4.12. The molecule has 1 saturated heterocycles. The summed E-state index contributed by atoms with van der Waals surface area (Å²) in [5, 5.41) is 2.86. The van der Waals surface area contributed by atoms with E-state index in [0.717, 1.165) is 19.3 Å². The van der Waals surface area contributed by atoms with Crippen LogP contribution >= 0.6 is 0 Å². The second kappa shape index (κ2) is 9.73. The van der Waals surface area contributed by atoms with Gasteiger partial charge >= 0.3 is 0 Å². The SMILES string of the molecule is COc1cc(C(=O)Nc2cccc(C(=O)N3[C@@H](C)CCC[C@@H]3C)c2)cc(OC)c1OC. The number of amides is 2. The quantitative estimate of drug-likeness (QED) is 0.742. The van der Waals surface area contributed by atoms with Crippen LogP contribution in [0.5, 0.6) is 17.2 Å². The molecule has 31 heavy (non-hydrogen) atoms. The van der Waals surface area contributed by atoms with Gasteiger partial charge in [-0.1, -0.05) is 6.07 Å². The number of rotatable bonds is 6. The molecular weight excluding hydrogens is 396 g/mol. The lowest BCUT2D eigenvalue weighted by atomic mass is 9.96. The van der Waals surface area contributed by atoms with E-state index in [2.05, 4.69) is 19.2 Å². The number of hydrogen-bond acceptors (Lipinski definition) is 5. The van der Waals surface area contributed by atoms with Crippen molar-refractivity contribution in [1.29, 1.82) is 0 Å². The van der Waals surface area contributed by atoms with Gasteiger partial charge in [0, 0.05) is 28.9 Å². The van der Waals surface area contributed by atoms with Crippen LogP contribution in [0, 0.1) is 0 Å². The minimum atomic E-state index is -0.344. The highest BCUT2D eigenvalue weighted by atomic mass is 16.5. The fraction of sp³-hybridized carbons (Fsp3) is 0.417. The third-order valence-corrected chi connectivity index (χ3v) is 5.72. The first-order valence-corrected chi connectivity index (χ1v) is 10.4. The van der Waals surface area contributed by atoms with Crippen molar-refractivity contribution in [2.45, 2.75) is 45.2 Å². The Bertz CT molecular complexity index is 924. The molecule has 0 radical (unpaired) electrons. The summed E-state index contributed by atoms with van der Waals surface area (Å²) in [7, 11) is 4.50. The van der Waals surface area contributed by atoms with Crippen molar-refractivity contribution in [3.8, 4) is 17.2 Å². The lowest BCUT2D eigenvalue weighted by Gasteiger charge is -2.39. The number of hydrogen-bond donors (Lipinski definition) is 1. The number of nitrogens with zero attached hydrogens (tertiary/aromatic N) is 1. The summed E-state index contributed by atoms with van der Waals surface area (Å²) in [4.78, 5) is 28.0. The Morgan fingerprint density at radius 1 is 0.903 bits per heavy atom. The third kappa shape index (κ3) is 4.76. The number of piperidine rings is 1. The van der Waals surface area contributed by atoms with Crippen molar-refractivity contribution in [2.75, 3.05) is 26.6 Å². The summed E-state index contributed by atoms with van der Waals surface area (Å²) < 4.78 is 15.9. The number of carbonyl (C=O) groups is 2. The number of anilines is 1. The number of nitrogens with one attached hydrogen (secondary N) is 1. The molecule has 7 nitrogen and oxygen atoms in total. The predicted molar refractivity (Wildman–Crippen MR) is 119 cm³/mol. The molecule has 1 aliphatic rings. The first-order valence-electron chi connectivity index (χ1n) is 10.4. The molecule has 1 fully saturated rings. The highest BCUT2D eigenvalue weighted by Crippen LogP contribution is 2.38. The van der Waals surface area contributed by atoms with E-state index in [1.54, 1.807) is 36.4 Å². The van der Waals surface area contributed by atoms with Crippen LogP contribution in [0.3, 0.4) is 0 Å². The van der Waals surface area contributed by atoms with Crippen molar-refractivity contribution < 1.29 is 23.8 Å². The summed E-state index contributed by atoms with van der Waals surface area (Å²) in [5.74, 6) is 0.846. The minimum absolute atomic E-state index is 0.0106. The van der Waals surface area contributed by atoms with E-state index in [9.17, 15) is 9.59 Å². The van der Waals surface area contributed by atoms with Crippen LogP contribution in [0.15, 0.2) is 36.4 Å². The molecule has 0 bridgehead atoms. The van der Waals surface area contributed by atoms with E-state index in [-0.39, 0.29) is 23.9 Å².